The van der Waals surface area contributed by atoms with Gasteiger partial charge in [-0.05, 0) is 37.3 Å². The van der Waals surface area contributed by atoms with Crippen LogP contribution in [0.1, 0.15) is 11.3 Å². The molecule has 5 heteroatoms. The van der Waals surface area contributed by atoms with Crippen LogP contribution < -0.4 is 11.2 Å². The maximum absolute atomic E-state index is 5.28. The molecule has 0 amide bonds. The van der Waals surface area contributed by atoms with E-state index in [4.69, 9.17) is 5.73 Å². The summed E-state index contributed by atoms with van der Waals surface area (Å²) < 4.78 is 2.10. The lowest BCUT2D eigenvalue weighted by atomic mass is 10.3. The average Bonchev–Trinajstić information content (AvgIpc) is 2.71. The van der Waals surface area contributed by atoms with Crippen LogP contribution in [0.3, 0.4) is 0 Å². The zero-order valence-electron chi connectivity index (χ0n) is 10.00. The second-order valence-electron chi connectivity index (χ2n) is 3.85. The minimum atomic E-state index is 0.158. The number of nitrogens with two attached hydrogens (primary N) is 1. The van der Waals surface area contributed by atoms with Gasteiger partial charge in [0.25, 0.3) is 0 Å². The summed E-state index contributed by atoms with van der Waals surface area (Å²) >= 11 is 4.67. The van der Waals surface area contributed by atoms with E-state index in [9.17, 15) is 0 Å². The molecule has 0 aliphatic rings. The first kappa shape index (κ1) is 12.3. The maximum Gasteiger partial charge on any atom is 0.184 e. The van der Waals surface area contributed by atoms with Crippen molar-refractivity contribution in [3.8, 4) is 5.69 Å². The Labute approximate surface area is 111 Å². The molecule has 1 aromatic carbocycles. The van der Waals surface area contributed by atoms with Gasteiger partial charge in [0.2, 0.25) is 0 Å². The Bertz CT molecular complexity index is 572. The zero-order chi connectivity index (χ0) is 13.0. The molecule has 0 unspecified atom stereocenters. The minimum absolute atomic E-state index is 0.158. The highest BCUT2D eigenvalue weighted by Crippen LogP contribution is 2.13. The molecule has 0 bridgehead atoms. The van der Waals surface area contributed by atoms with Gasteiger partial charge in [-0.15, -0.1) is 0 Å². The number of benzene rings is 1. The van der Waals surface area contributed by atoms with Gasteiger partial charge in [-0.1, -0.05) is 18.2 Å². The molecule has 0 fully saturated rings. The van der Waals surface area contributed by atoms with E-state index in [1.807, 2.05) is 37.4 Å². The van der Waals surface area contributed by atoms with Crippen LogP contribution in [-0.4, -0.2) is 15.9 Å². The van der Waals surface area contributed by atoms with Crippen molar-refractivity contribution in [3.05, 3.63) is 53.9 Å². The third-order valence-electron chi connectivity index (χ3n) is 2.46. The number of rotatable bonds is 3. The van der Waals surface area contributed by atoms with E-state index in [1.165, 1.54) is 0 Å². The van der Waals surface area contributed by atoms with Crippen molar-refractivity contribution in [2.45, 2.75) is 6.92 Å². The lowest BCUT2D eigenvalue weighted by Crippen LogP contribution is -2.23. The number of hydrogen-bond donors (Lipinski definition) is 2. The minimum Gasteiger partial charge on any atom is -0.375 e. The smallest absolute Gasteiger partial charge is 0.184 e. The first-order chi connectivity index (χ1) is 8.66. The van der Waals surface area contributed by atoms with Crippen molar-refractivity contribution >= 4 is 23.5 Å². The molecule has 1 heterocycles. The third kappa shape index (κ3) is 2.95. The van der Waals surface area contributed by atoms with Crippen molar-refractivity contribution in [3.63, 3.8) is 0 Å². The topological polar surface area (TPSA) is 55.3 Å². The van der Waals surface area contributed by atoms with Crippen LogP contribution in [0.5, 0.6) is 0 Å². The normalized spacial score (nSPS) is 10.7. The first-order valence-electron chi connectivity index (χ1n) is 5.50. The van der Waals surface area contributed by atoms with Crippen molar-refractivity contribution in [2.24, 2.45) is 10.8 Å². The summed E-state index contributed by atoms with van der Waals surface area (Å²) in [6, 6.07) is 12.2. The lowest BCUT2D eigenvalue weighted by molar-refractivity contribution is 1.01. The molecule has 0 saturated carbocycles. The molecular weight excluding hydrogens is 244 g/mol. The van der Waals surface area contributed by atoms with Gasteiger partial charge in [0, 0.05) is 23.1 Å². The monoisotopic (exact) mass is 258 g/mol. The van der Waals surface area contributed by atoms with E-state index >= 15 is 0 Å². The number of hydrazone groups is 1. The molecule has 0 saturated heterocycles. The Balaban J connectivity index is 2.22. The van der Waals surface area contributed by atoms with Gasteiger partial charge >= 0.3 is 0 Å². The largest absolute Gasteiger partial charge is 0.375 e. The van der Waals surface area contributed by atoms with Gasteiger partial charge in [0.1, 0.15) is 0 Å². The lowest BCUT2D eigenvalue weighted by Gasteiger charge is -2.04. The van der Waals surface area contributed by atoms with E-state index in [0.717, 1.165) is 16.9 Å². The van der Waals surface area contributed by atoms with Crippen molar-refractivity contribution in [1.29, 1.82) is 0 Å². The van der Waals surface area contributed by atoms with Crippen LogP contribution in [0.4, 0.5) is 0 Å². The molecule has 0 aliphatic heterocycles. The van der Waals surface area contributed by atoms with Crippen LogP contribution >= 0.6 is 12.2 Å². The summed E-state index contributed by atoms with van der Waals surface area (Å²) in [4.78, 5) is 0. The van der Waals surface area contributed by atoms with Crippen LogP contribution in [0.2, 0.25) is 0 Å². The second-order valence-corrected chi connectivity index (χ2v) is 4.29. The maximum atomic E-state index is 5.28. The summed E-state index contributed by atoms with van der Waals surface area (Å²) in [5.41, 5.74) is 11.1. The molecule has 0 radical (unpaired) electrons. The standard InChI is InChI=1S/C13H14N4S/c1-10-7-11(8-15-16-13(14)18)9-17(10)12-5-3-2-4-6-12/h2-9H,1H3,(H3,14,16,18)/b15-8-. The third-order valence-corrected chi connectivity index (χ3v) is 2.55. The molecule has 1 aromatic heterocycles. The molecule has 92 valence electrons. The summed E-state index contributed by atoms with van der Waals surface area (Å²) in [6.45, 7) is 2.05. The van der Waals surface area contributed by atoms with E-state index in [2.05, 4.69) is 39.4 Å². The Kier molecular flexibility index (Phi) is 3.74. The molecule has 3 N–H and O–H groups in total. The van der Waals surface area contributed by atoms with Crippen LogP contribution in [0, 0.1) is 6.92 Å². The Morgan fingerprint density at radius 3 is 2.78 bits per heavy atom. The molecule has 0 aliphatic carbocycles. The number of para-hydroxylation sites is 1. The number of hydrogen-bond acceptors (Lipinski definition) is 2. The predicted octanol–water partition coefficient (Wildman–Crippen LogP) is 1.95. The average molecular weight is 258 g/mol. The van der Waals surface area contributed by atoms with Gasteiger partial charge in [0.05, 0.1) is 6.21 Å². The number of nitrogens with one attached hydrogen (secondary N) is 1. The fraction of sp³-hybridized carbons (Fsp3) is 0.0769. The highest BCUT2D eigenvalue weighted by Gasteiger charge is 2.01. The fourth-order valence-corrected chi connectivity index (χ4v) is 1.76. The van der Waals surface area contributed by atoms with E-state index in [0.29, 0.717) is 0 Å². The van der Waals surface area contributed by atoms with Crippen LogP contribution in [0.15, 0.2) is 47.7 Å². The molecule has 0 spiro atoms. The molecule has 18 heavy (non-hydrogen) atoms. The zero-order valence-corrected chi connectivity index (χ0v) is 10.8. The van der Waals surface area contributed by atoms with Crippen molar-refractivity contribution in [2.75, 3.05) is 0 Å². The molecular formula is C13H14N4S. The Morgan fingerprint density at radius 2 is 2.11 bits per heavy atom. The predicted molar refractivity (Wildman–Crippen MR) is 78.0 cm³/mol. The molecule has 2 rings (SSSR count). The summed E-state index contributed by atoms with van der Waals surface area (Å²) in [7, 11) is 0. The summed E-state index contributed by atoms with van der Waals surface area (Å²) in [5, 5.41) is 4.09. The molecule has 4 nitrogen and oxygen atoms in total. The van der Waals surface area contributed by atoms with Crippen LogP contribution in [-0.2, 0) is 0 Å². The Hall–Kier alpha value is -2.14. The quantitative estimate of drug-likeness (QED) is 0.502. The number of aryl methyl sites for hydroxylation is 1. The van der Waals surface area contributed by atoms with Gasteiger partial charge in [0.15, 0.2) is 5.11 Å². The fourth-order valence-electron chi connectivity index (χ4n) is 1.71. The van der Waals surface area contributed by atoms with Crippen LogP contribution in [0.25, 0.3) is 5.69 Å². The van der Waals surface area contributed by atoms with Gasteiger partial charge in [-0.2, -0.15) is 5.10 Å². The summed E-state index contributed by atoms with van der Waals surface area (Å²) in [6.07, 6.45) is 3.70. The van der Waals surface area contributed by atoms with E-state index in [-0.39, 0.29) is 5.11 Å². The highest BCUT2D eigenvalue weighted by molar-refractivity contribution is 7.80. The molecule has 2 aromatic rings. The molecule has 0 atom stereocenters. The van der Waals surface area contributed by atoms with Gasteiger partial charge in [-0.3, -0.25) is 5.43 Å². The number of thiocarbonyl (C=S) groups is 1. The van der Waals surface area contributed by atoms with Crippen molar-refractivity contribution < 1.29 is 0 Å². The summed E-state index contributed by atoms with van der Waals surface area (Å²) in [5.74, 6) is 0. The highest BCUT2D eigenvalue weighted by atomic mass is 32.1. The number of nitrogens with zero attached hydrogens (tertiary/aromatic N) is 2. The van der Waals surface area contributed by atoms with Gasteiger partial charge < -0.3 is 10.3 Å². The first-order valence-corrected chi connectivity index (χ1v) is 5.90. The van der Waals surface area contributed by atoms with E-state index < -0.39 is 0 Å². The number of aromatic nitrogens is 1. The SMILES string of the molecule is Cc1cc(/C=N\NC(N)=S)cn1-c1ccccc1. The Morgan fingerprint density at radius 1 is 1.39 bits per heavy atom. The second kappa shape index (κ2) is 5.46. The van der Waals surface area contributed by atoms with Gasteiger partial charge in [-0.25, -0.2) is 0 Å². The van der Waals surface area contributed by atoms with E-state index in [1.54, 1.807) is 6.21 Å². The van der Waals surface area contributed by atoms with Crippen molar-refractivity contribution in [1.82, 2.24) is 9.99 Å².